The lowest BCUT2D eigenvalue weighted by atomic mass is 10.3. The molecule has 0 amide bonds. The van der Waals surface area contributed by atoms with Gasteiger partial charge in [-0.1, -0.05) is 6.92 Å². The van der Waals surface area contributed by atoms with Crippen LogP contribution in [0.25, 0.3) is 0 Å². The molecule has 0 atom stereocenters. The Bertz CT molecular complexity index is 508. The second kappa shape index (κ2) is 6.26. The van der Waals surface area contributed by atoms with E-state index in [1.165, 1.54) is 0 Å². The van der Waals surface area contributed by atoms with E-state index < -0.39 is 0 Å². The van der Waals surface area contributed by atoms with Crippen molar-refractivity contribution >= 4 is 17.6 Å². The normalized spacial score (nSPS) is 10.3. The summed E-state index contributed by atoms with van der Waals surface area (Å²) in [5.41, 5.74) is 1.34. The topological polar surface area (TPSA) is 52.1 Å². The minimum Gasteiger partial charge on any atom is -0.486 e. The number of nitrogens with zero attached hydrogens (tertiary/aromatic N) is 2. The van der Waals surface area contributed by atoms with Crippen LogP contribution in [0.1, 0.15) is 34.5 Å². The third-order valence-corrected chi connectivity index (χ3v) is 3.29. The first-order valence-electron chi connectivity index (χ1n) is 5.79. The van der Waals surface area contributed by atoms with E-state index in [-0.39, 0.29) is 0 Å². The summed E-state index contributed by atoms with van der Waals surface area (Å²) >= 11 is 1.66. The van der Waals surface area contributed by atoms with E-state index in [4.69, 9.17) is 4.74 Å². The van der Waals surface area contributed by atoms with Crippen molar-refractivity contribution in [2.75, 3.05) is 0 Å². The highest BCUT2D eigenvalue weighted by Crippen LogP contribution is 2.15. The number of hydrogen-bond acceptors (Lipinski definition) is 5. The molecule has 0 aliphatic heterocycles. The number of thiazole rings is 1. The van der Waals surface area contributed by atoms with Crippen LogP contribution in [0.5, 0.6) is 5.75 Å². The molecule has 4 nitrogen and oxygen atoms in total. The van der Waals surface area contributed by atoms with Crippen molar-refractivity contribution < 1.29 is 9.53 Å². The van der Waals surface area contributed by atoms with Crippen LogP contribution in [0.4, 0.5) is 0 Å². The number of rotatable bonds is 6. The monoisotopic (exact) mass is 262 g/mol. The standard InChI is InChI=1S/C13H14N2O2S/c1-2-3-13-15-11(9-18-13)8-17-12-5-4-10(7-16)14-6-12/h4-7,9H,2-3,8H2,1H3. The van der Waals surface area contributed by atoms with Gasteiger partial charge in [0, 0.05) is 5.38 Å². The van der Waals surface area contributed by atoms with Crippen molar-refractivity contribution in [2.24, 2.45) is 0 Å². The fraction of sp³-hybridized carbons (Fsp3) is 0.308. The van der Waals surface area contributed by atoms with Gasteiger partial charge in [-0.15, -0.1) is 11.3 Å². The van der Waals surface area contributed by atoms with E-state index in [1.807, 2.05) is 5.38 Å². The molecule has 2 heterocycles. The molecule has 2 aromatic heterocycles. The molecular formula is C13H14N2O2S. The van der Waals surface area contributed by atoms with E-state index in [0.717, 1.165) is 23.5 Å². The van der Waals surface area contributed by atoms with E-state index >= 15 is 0 Å². The Morgan fingerprint density at radius 2 is 2.33 bits per heavy atom. The van der Waals surface area contributed by atoms with Gasteiger partial charge in [0.2, 0.25) is 0 Å². The highest BCUT2D eigenvalue weighted by molar-refractivity contribution is 7.09. The summed E-state index contributed by atoms with van der Waals surface area (Å²) in [7, 11) is 0. The van der Waals surface area contributed by atoms with Gasteiger partial charge in [0.25, 0.3) is 0 Å². The molecule has 0 saturated heterocycles. The molecule has 2 aromatic rings. The minimum atomic E-state index is 0.404. The molecule has 0 unspecified atom stereocenters. The maximum Gasteiger partial charge on any atom is 0.168 e. The van der Waals surface area contributed by atoms with Crippen molar-refractivity contribution in [1.29, 1.82) is 0 Å². The molecule has 0 N–H and O–H groups in total. The largest absolute Gasteiger partial charge is 0.486 e. The first-order valence-corrected chi connectivity index (χ1v) is 6.67. The summed E-state index contributed by atoms with van der Waals surface area (Å²) in [6.07, 6.45) is 4.37. The summed E-state index contributed by atoms with van der Waals surface area (Å²) in [6, 6.07) is 3.36. The molecule has 0 aliphatic carbocycles. The molecule has 0 aliphatic rings. The minimum absolute atomic E-state index is 0.404. The lowest BCUT2D eigenvalue weighted by Crippen LogP contribution is -1.97. The number of aromatic nitrogens is 2. The van der Waals surface area contributed by atoms with Crippen molar-refractivity contribution in [3.63, 3.8) is 0 Å². The fourth-order valence-corrected chi connectivity index (χ4v) is 2.33. The Hall–Kier alpha value is -1.75. The van der Waals surface area contributed by atoms with Crippen LogP contribution < -0.4 is 4.74 Å². The van der Waals surface area contributed by atoms with Gasteiger partial charge < -0.3 is 4.74 Å². The van der Waals surface area contributed by atoms with Crippen LogP contribution in [0.3, 0.4) is 0 Å². The van der Waals surface area contributed by atoms with Crippen LogP contribution in [0.15, 0.2) is 23.7 Å². The van der Waals surface area contributed by atoms with Crippen LogP contribution in [0.2, 0.25) is 0 Å². The van der Waals surface area contributed by atoms with Crippen LogP contribution in [0, 0.1) is 0 Å². The maximum absolute atomic E-state index is 10.4. The molecule has 0 spiro atoms. The van der Waals surface area contributed by atoms with Crippen molar-refractivity contribution in [2.45, 2.75) is 26.4 Å². The van der Waals surface area contributed by atoms with Crippen molar-refractivity contribution in [3.05, 3.63) is 40.1 Å². The van der Waals surface area contributed by atoms with Gasteiger partial charge in [0.1, 0.15) is 18.1 Å². The summed E-state index contributed by atoms with van der Waals surface area (Å²) in [4.78, 5) is 18.8. The Kier molecular flexibility index (Phi) is 4.41. The molecule has 2 rings (SSSR count). The summed E-state index contributed by atoms with van der Waals surface area (Å²) < 4.78 is 5.55. The summed E-state index contributed by atoms with van der Waals surface area (Å²) in [5, 5.41) is 3.16. The number of carbonyl (C=O) groups is 1. The first-order chi connectivity index (χ1) is 8.81. The average molecular weight is 262 g/mol. The van der Waals surface area contributed by atoms with Gasteiger partial charge in [-0.3, -0.25) is 4.79 Å². The Morgan fingerprint density at radius 3 is 3.00 bits per heavy atom. The van der Waals surface area contributed by atoms with E-state index in [0.29, 0.717) is 24.3 Å². The zero-order valence-corrected chi connectivity index (χ0v) is 10.9. The van der Waals surface area contributed by atoms with E-state index in [9.17, 15) is 4.79 Å². The van der Waals surface area contributed by atoms with Gasteiger partial charge in [-0.05, 0) is 25.0 Å². The molecule has 94 valence electrons. The fourth-order valence-electron chi connectivity index (χ4n) is 1.45. The highest BCUT2D eigenvalue weighted by atomic mass is 32.1. The molecule has 0 saturated carbocycles. The second-order valence-corrected chi connectivity index (χ2v) is 4.75. The number of aldehydes is 1. The predicted octanol–water partition coefficient (Wildman–Crippen LogP) is 2.88. The predicted molar refractivity (Wildman–Crippen MR) is 70.1 cm³/mol. The zero-order valence-electron chi connectivity index (χ0n) is 10.1. The number of hydrogen-bond donors (Lipinski definition) is 0. The van der Waals surface area contributed by atoms with Gasteiger partial charge >= 0.3 is 0 Å². The zero-order chi connectivity index (χ0) is 12.8. The van der Waals surface area contributed by atoms with Crippen LogP contribution >= 0.6 is 11.3 Å². The van der Waals surface area contributed by atoms with Crippen LogP contribution in [-0.4, -0.2) is 16.3 Å². The third-order valence-electron chi connectivity index (χ3n) is 2.33. The number of carbonyl (C=O) groups excluding carboxylic acids is 1. The Labute approximate surface area is 110 Å². The molecule has 0 radical (unpaired) electrons. The quantitative estimate of drug-likeness (QED) is 0.751. The van der Waals surface area contributed by atoms with Gasteiger partial charge in [-0.2, -0.15) is 0 Å². The lowest BCUT2D eigenvalue weighted by Gasteiger charge is -2.03. The molecular weight excluding hydrogens is 248 g/mol. The van der Waals surface area contributed by atoms with Gasteiger partial charge in [-0.25, -0.2) is 9.97 Å². The van der Waals surface area contributed by atoms with Gasteiger partial charge in [0.15, 0.2) is 6.29 Å². The van der Waals surface area contributed by atoms with Crippen LogP contribution in [-0.2, 0) is 13.0 Å². The Morgan fingerprint density at radius 1 is 1.44 bits per heavy atom. The lowest BCUT2D eigenvalue weighted by molar-refractivity contribution is 0.111. The molecule has 0 fully saturated rings. The number of aryl methyl sites for hydroxylation is 1. The van der Waals surface area contributed by atoms with Crippen molar-refractivity contribution in [1.82, 2.24) is 9.97 Å². The SMILES string of the molecule is CCCc1nc(COc2ccc(C=O)nc2)cs1. The smallest absolute Gasteiger partial charge is 0.168 e. The molecule has 0 bridgehead atoms. The summed E-state index contributed by atoms with van der Waals surface area (Å²) in [6.45, 7) is 2.57. The average Bonchev–Trinajstić information content (AvgIpc) is 2.85. The van der Waals surface area contributed by atoms with Gasteiger partial charge in [0.05, 0.1) is 16.9 Å². The molecule has 0 aromatic carbocycles. The number of pyridine rings is 1. The summed E-state index contributed by atoms with van der Waals surface area (Å²) in [5.74, 6) is 0.644. The van der Waals surface area contributed by atoms with E-state index in [2.05, 4.69) is 16.9 Å². The highest BCUT2D eigenvalue weighted by Gasteiger charge is 2.02. The second-order valence-electron chi connectivity index (χ2n) is 3.81. The van der Waals surface area contributed by atoms with Crippen molar-refractivity contribution in [3.8, 4) is 5.75 Å². The first kappa shape index (κ1) is 12.7. The molecule has 18 heavy (non-hydrogen) atoms. The Balaban J connectivity index is 1.91. The molecule has 5 heteroatoms. The number of ether oxygens (including phenoxy) is 1. The third kappa shape index (κ3) is 3.37. The van der Waals surface area contributed by atoms with E-state index in [1.54, 1.807) is 29.7 Å². The maximum atomic E-state index is 10.4.